The number of fused-ring (bicyclic) bond motifs is 2. The molecule has 0 fully saturated rings. The normalized spacial score (nSPS) is 14.3. The zero-order valence-corrected chi connectivity index (χ0v) is 14.6. The molecule has 7 nitrogen and oxygen atoms in total. The molecule has 0 saturated carbocycles. The number of benzene rings is 1. The quantitative estimate of drug-likeness (QED) is 0.560. The van der Waals surface area contributed by atoms with Gasteiger partial charge >= 0.3 is 0 Å². The fourth-order valence-electron chi connectivity index (χ4n) is 2.81. The van der Waals surface area contributed by atoms with Crippen LogP contribution in [0, 0.1) is 6.92 Å². The molecule has 3 N–H and O–H groups in total. The summed E-state index contributed by atoms with van der Waals surface area (Å²) in [5.74, 6) is 1.80. The Labute approximate surface area is 151 Å². The van der Waals surface area contributed by atoms with Crippen molar-refractivity contribution in [3.63, 3.8) is 0 Å². The minimum absolute atomic E-state index is 0.327. The van der Waals surface area contributed by atoms with Crippen LogP contribution in [0.4, 0.5) is 5.69 Å². The van der Waals surface area contributed by atoms with Gasteiger partial charge in [0.25, 0.3) is 0 Å². The number of aliphatic imine (C=N–C) groups is 1. The number of imidazole rings is 1. The highest BCUT2D eigenvalue weighted by Crippen LogP contribution is 2.32. The van der Waals surface area contributed by atoms with Crippen LogP contribution < -0.4 is 20.5 Å². The highest BCUT2D eigenvalue weighted by molar-refractivity contribution is 5.92. The van der Waals surface area contributed by atoms with Gasteiger partial charge in [-0.1, -0.05) is 0 Å². The van der Waals surface area contributed by atoms with Gasteiger partial charge in [-0.25, -0.2) is 9.98 Å². The lowest BCUT2D eigenvalue weighted by atomic mass is 10.3. The van der Waals surface area contributed by atoms with Crippen LogP contribution >= 0.6 is 0 Å². The summed E-state index contributed by atoms with van der Waals surface area (Å²) in [6.45, 7) is 3.77. The molecule has 1 aliphatic rings. The monoisotopic (exact) mass is 351 g/mol. The lowest BCUT2D eigenvalue weighted by Crippen LogP contribution is -2.22. The molecule has 0 aliphatic carbocycles. The smallest absolute Gasteiger partial charge is 0.193 e. The number of nitrogens with one attached hydrogen (secondary N) is 1. The number of hydrogen-bond acceptors (Lipinski definition) is 4. The minimum Gasteiger partial charge on any atom is -0.490 e. The van der Waals surface area contributed by atoms with Crippen LogP contribution in [0.5, 0.6) is 11.5 Å². The van der Waals surface area contributed by atoms with Crippen LogP contribution in [0.3, 0.4) is 0 Å². The molecule has 26 heavy (non-hydrogen) atoms. The lowest BCUT2D eigenvalue weighted by molar-refractivity contribution is 0.297. The zero-order chi connectivity index (χ0) is 17.9. The Hall–Kier alpha value is -3.22. The number of anilines is 1. The Bertz CT molecular complexity index is 964. The van der Waals surface area contributed by atoms with Crippen molar-refractivity contribution in [1.82, 2.24) is 9.38 Å². The van der Waals surface area contributed by atoms with Crippen LogP contribution in [0.25, 0.3) is 5.65 Å². The third-order valence-electron chi connectivity index (χ3n) is 4.10. The van der Waals surface area contributed by atoms with Crippen molar-refractivity contribution in [3.8, 4) is 11.5 Å². The zero-order valence-electron chi connectivity index (χ0n) is 14.6. The van der Waals surface area contributed by atoms with Gasteiger partial charge in [0.15, 0.2) is 17.5 Å². The largest absolute Gasteiger partial charge is 0.490 e. The maximum atomic E-state index is 6.01. The molecule has 4 rings (SSSR count). The SMILES string of the molecule is Cc1ccn2cc(CN=C(N)Nc3ccc4c(c3)OCCCO4)nc2c1. The Morgan fingerprint density at radius 1 is 1.23 bits per heavy atom. The van der Waals surface area contributed by atoms with Gasteiger partial charge in [0.2, 0.25) is 0 Å². The van der Waals surface area contributed by atoms with Gasteiger partial charge in [0.05, 0.1) is 25.5 Å². The number of pyridine rings is 1. The van der Waals surface area contributed by atoms with E-state index in [-0.39, 0.29) is 0 Å². The van der Waals surface area contributed by atoms with Crippen LogP contribution in [-0.2, 0) is 6.54 Å². The standard InChI is InChI=1S/C19H21N5O2/c1-13-5-6-24-12-15(22-18(24)9-13)11-21-19(20)23-14-3-4-16-17(10-14)26-8-2-7-25-16/h3-6,9-10,12H,2,7-8,11H2,1H3,(H3,20,21,23). The molecule has 0 amide bonds. The number of nitrogens with zero attached hydrogens (tertiary/aromatic N) is 3. The minimum atomic E-state index is 0.327. The van der Waals surface area contributed by atoms with Gasteiger partial charge in [-0.05, 0) is 36.8 Å². The molecule has 1 aliphatic heterocycles. The topological polar surface area (TPSA) is 86.2 Å². The van der Waals surface area contributed by atoms with E-state index in [1.807, 2.05) is 54.0 Å². The van der Waals surface area contributed by atoms with E-state index in [1.54, 1.807) is 0 Å². The number of hydrogen-bond donors (Lipinski definition) is 2. The molecule has 1 aromatic carbocycles. The third-order valence-corrected chi connectivity index (χ3v) is 4.10. The molecule has 3 aromatic rings. The fourth-order valence-corrected chi connectivity index (χ4v) is 2.81. The summed E-state index contributed by atoms with van der Waals surface area (Å²) in [5, 5.41) is 3.08. The predicted octanol–water partition coefficient (Wildman–Crippen LogP) is 2.73. The molecule has 0 saturated heterocycles. The van der Waals surface area contributed by atoms with Crippen molar-refractivity contribution < 1.29 is 9.47 Å². The summed E-state index contributed by atoms with van der Waals surface area (Å²) < 4.78 is 13.3. The first-order valence-corrected chi connectivity index (χ1v) is 8.58. The summed E-state index contributed by atoms with van der Waals surface area (Å²) in [7, 11) is 0. The van der Waals surface area contributed by atoms with Gasteiger partial charge in [-0.15, -0.1) is 0 Å². The summed E-state index contributed by atoms with van der Waals surface area (Å²) in [6, 6.07) is 9.72. The predicted molar refractivity (Wildman–Crippen MR) is 101 cm³/mol. The fraction of sp³-hybridized carbons (Fsp3) is 0.263. The summed E-state index contributed by atoms with van der Waals surface area (Å²) in [5.41, 5.74) is 9.76. The van der Waals surface area contributed by atoms with Crippen molar-refractivity contribution in [2.24, 2.45) is 10.7 Å². The number of aryl methyl sites for hydroxylation is 1. The number of ether oxygens (including phenoxy) is 2. The molecule has 0 radical (unpaired) electrons. The second-order valence-electron chi connectivity index (χ2n) is 6.24. The molecule has 0 unspecified atom stereocenters. The Kier molecular flexibility index (Phi) is 4.35. The van der Waals surface area contributed by atoms with E-state index in [1.165, 1.54) is 5.56 Å². The Balaban J connectivity index is 1.45. The van der Waals surface area contributed by atoms with E-state index in [0.717, 1.165) is 34.9 Å². The highest BCUT2D eigenvalue weighted by Gasteiger charge is 2.11. The molecule has 0 spiro atoms. The van der Waals surface area contributed by atoms with Crippen molar-refractivity contribution in [1.29, 1.82) is 0 Å². The second kappa shape index (κ2) is 6.95. The number of nitrogens with two attached hydrogens (primary N) is 1. The molecule has 134 valence electrons. The summed E-state index contributed by atoms with van der Waals surface area (Å²) in [4.78, 5) is 8.93. The van der Waals surface area contributed by atoms with Crippen LogP contribution in [0.2, 0.25) is 0 Å². The summed E-state index contributed by atoms with van der Waals surface area (Å²) >= 11 is 0. The molecule has 0 atom stereocenters. The maximum absolute atomic E-state index is 6.01. The van der Waals surface area contributed by atoms with Gasteiger partial charge in [-0.2, -0.15) is 0 Å². The second-order valence-corrected chi connectivity index (χ2v) is 6.24. The van der Waals surface area contributed by atoms with Crippen molar-refractivity contribution in [3.05, 3.63) is 54.0 Å². The number of guanidine groups is 1. The highest BCUT2D eigenvalue weighted by atomic mass is 16.5. The van der Waals surface area contributed by atoms with Crippen LogP contribution in [0.1, 0.15) is 17.7 Å². The maximum Gasteiger partial charge on any atom is 0.193 e. The molecule has 7 heteroatoms. The molecule has 2 aromatic heterocycles. The van der Waals surface area contributed by atoms with E-state index in [4.69, 9.17) is 15.2 Å². The first kappa shape index (κ1) is 16.3. The number of aromatic nitrogens is 2. The first-order chi connectivity index (χ1) is 12.7. The average Bonchev–Trinajstić information content (AvgIpc) is 2.88. The molecule has 0 bridgehead atoms. The molecule has 3 heterocycles. The Morgan fingerprint density at radius 2 is 2.08 bits per heavy atom. The van der Waals surface area contributed by atoms with Gasteiger partial charge < -0.3 is 24.9 Å². The van der Waals surface area contributed by atoms with Crippen molar-refractivity contribution in [2.75, 3.05) is 18.5 Å². The summed E-state index contributed by atoms with van der Waals surface area (Å²) in [6.07, 6.45) is 4.82. The van der Waals surface area contributed by atoms with E-state index >= 15 is 0 Å². The van der Waals surface area contributed by atoms with Crippen LogP contribution in [-0.4, -0.2) is 28.6 Å². The van der Waals surface area contributed by atoms with Crippen molar-refractivity contribution >= 4 is 17.3 Å². The van der Waals surface area contributed by atoms with Gasteiger partial charge in [0.1, 0.15) is 5.65 Å². The van der Waals surface area contributed by atoms with Crippen molar-refractivity contribution in [2.45, 2.75) is 19.9 Å². The van der Waals surface area contributed by atoms with Crippen LogP contribution in [0.15, 0.2) is 47.7 Å². The lowest BCUT2D eigenvalue weighted by Gasteiger charge is -2.10. The average molecular weight is 351 g/mol. The van der Waals surface area contributed by atoms with E-state index in [2.05, 4.69) is 15.3 Å². The van der Waals surface area contributed by atoms with E-state index in [0.29, 0.717) is 25.7 Å². The molecular weight excluding hydrogens is 330 g/mol. The van der Waals surface area contributed by atoms with E-state index < -0.39 is 0 Å². The first-order valence-electron chi connectivity index (χ1n) is 8.58. The van der Waals surface area contributed by atoms with Gasteiger partial charge in [-0.3, -0.25) is 0 Å². The van der Waals surface area contributed by atoms with E-state index in [9.17, 15) is 0 Å². The number of rotatable bonds is 3. The molecular formula is C19H21N5O2. The Morgan fingerprint density at radius 3 is 2.96 bits per heavy atom. The third kappa shape index (κ3) is 3.56. The van der Waals surface area contributed by atoms with Gasteiger partial charge in [0, 0.05) is 30.6 Å².